The molecule has 6 nitrogen and oxygen atoms in total. The number of benzene rings is 2. The van der Waals surface area contributed by atoms with Crippen molar-refractivity contribution in [2.45, 2.75) is 25.4 Å². The first-order valence-corrected chi connectivity index (χ1v) is 11.3. The number of pyridine rings is 1. The number of hydrogen-bond donors (Lipinski definition) is 1. The third-order valence-electron chi connectivity index (χ3n) is 7.04. The summed E-state index contributed by atoms with van der Waals surface area (Å²) < 4.78 is 7.88. The number of rotatable bonds is 3. The number of aromatic hydroxyl groups is 1. The van der Waals surface area contributed by atoms with Gasteiger partial charge < -0.3 is 14.1 Å². The Morgan fingerprint density at radius 3 is 2.64 bits per heavy atom. The van der Waals surface area contributed by atoms with E-state index in [1.807, 2.05) is 47.0 Å². The van der Waals surface area contributed by atoms with Crippen molar-refractivity contribution < 1.29 is 9.52 Å². The van der Waals surface area contributed by atoms with Gasteiger partial charge in [-0.2, -0.15) is 0 Å². The van der Waals surface area contributed by atoms with Crippen LogP contribution in [0.4, 0.5) is 0 Å². The van der Waals surface area contributed by atoms with Crippen LogP contribution in [0.25, 0.3) is 22.1 Å². The van der Waals surface area contributed by atoms with E-state index in [1.165, 1.54) is 6.26 Å². The van der Waals surface area contributed by atoms with Crippen molar-refractivity contribution in [3.8, 4) is 16.9 Å². The van der Waals surface area contributed by atoms with Crippen LogP contribution in [0, 0.1) is 5.92 Å². The van der Waals surface area contributed by atoms with Gasteiger partial charge in [0.15, 0.2) is 0 Å². The fraction of sp³-hybridized carbons (Fsp3) is 0.259. The molecular weight excluding hydrogens is 416 g/mol. The lowest BCUT2D eigenvalue weighted by Gasteiger charge is -2.42. The van der Waals surface area contributed by atoms with Crippen molar-refractivity contribution in [1.29, 1.82) is 0 Å². The molecule has 6 heteroatoms. The number of fused-ring (bicyclic) bond motifs is 5. The van der Waals surface area contributed by atoms with E-state index in [-0.39, 0.29) is 22.7 Å². The summed E-state index contributed by atoms with van der Waals surface area (Å²) >= 11 is 0. The SMILES string of the molecule is O=c1c(-c2ccccc2)coc2c(CN3C[C@@H]4C[C@H](C3)c3cccc(=O)n3C4)c(O)ccc12. The summed E-state index contributed by atoms with van der Waals surface area (Å²) in [5, 5.41) is 11.2. The minimum atomic E-state index is -0.104. The van der Waals surface area contributed by atoms with E-state index >= 15 is 0 Å². The van der Waals surface area contributed by atoms with Crippen LogP contribution in [-0.4, -0.2) is 27.7 Å². The lowest BCUT2D eigenvalue weighted by atomic mass is 9.83. The molecule has 33 heavy (non-hydrogen) atoms. The number of phenolic OH excluding ortho intramolecular Hbond substituents is 1. The van der Waals surface area contributed by atoms with Crippen molar-refractivity contribution in [1.82, 2.24) is 9.47 Å². The predicted octanol–water partition coefficient (Wildman–Crippen LogP) is 3.95. The van der Waals surface area contributed by atoms with Crippen LogP contribution >= 0.6 is 0 Å². The number of likely N-dealkylation sites (tertiary alicyclic amines) is 1. The van der Waals surface area contributed by atoms with Crippen LogP contribution in [0.1, 0.15) is 23.6 Å². The van der Waals surface area contributed by atoms with Crippen LogP contribution in [0.5, 0.6) is 5.75 Å². The van der Waals surface area contributed by atoms with Gasteiger partial charge >= 0.3 is 0 Å². The molecule has 166 valence electrons. The zero-order chi connectivity index (χ0) is 22.5. The quantitative estimate of drug-likeness (QED) is 0.522. The summed E-state index contributed by atoms with van der Waals surface area (Å²) in [4.78, 5) is 27.8. The molecule has 2 bridgehead atoms. The first kappa shape index (κ1) is 20.0. The first-order valence-electron chi connectivity index (χ1n) is 11.3. The maximum Gasteiger partial charge on any atom is 0.250 e. The third kappa shape index (κ3) is 3.38. The summed E-state index contributed by atoms with van der Waals surface area (Å²) in [5.41, 5.74) is 3.44. The highest BCUT2D eigenvalue weighted by atomic mass is 16.3. The molecule has 2 atom stereocenters. The van der Waals surface area contributed by atoms with Crippen molar-refractivity contribution in [2.75, 3.05) is 13.1 Å². The highest BCUT2D eigenvalue weighted by Crippen LogP contribution is 2.37. The van der Waals surface area contributed by atoms with Crippen molar-refractivity contribution >= 4 is 11.0 Å². The largest absolute Gasteiger partial charge is 0.507 e. The summed E-state index contributed by atoms with van der Waals surface area (Å²) in [6.45, 7) is 2.83. The fourth-order valence-electron chi connectivity index (χ4n) is 5.57. The van der Waals surface area contributed by atoms with E-state index in [9.17, 15) is 14.7 Å². The van der Waals surface area contributed by atoms with Crippen LogP contribution in [0.15, 0.2) is 80.9 Å². The van der Waals surface area contributed by atoms with Crippen LogP contribution in [0.2, 0.25) is 0 Å². The lowest BCUT2D eigenvalue weighted by molar-refractivity contribution is 0.113. The van der Waals surface area contributed by atoms with E-state index in [1.54, 1.807) is 18.2 Å². The monoisotopic (exact) mass is 440 g/mol. The molecule has 2 aliphatic heterocycles. The first-order chi connectivity index (χ1) is 16.1. The molecule has 0 saturated carbocycles. The molecule has 0 aliphatic carbocycles. The average Bonchev–Trinajstić information content (AvgIpc) is 2.82. The molecule has 4 heterocycles. The molecule has 1 N–H and O–H groups in total. The summed E-state index contributed by atoms with van der Waals surface area (Å²) in [7, 11) is 0. The van der Waals surface area contributed by atoms with Gasteiger partial charge in [-0.1, -0.05) is 36.4 Å². The Balaban J connectivity index is 1.36. The zero-order valence-electron chi connectivity index (χ0n) is 18.1. The summed E-state index contributed by atoms with van der Waals surface area (Å²) in [5.74, 6) is 0.788. The average molecular weight is 440 g/mol. The Labute approximate surface area is 190 Å². The van der Waals surface area contributed by atoms with E-state index in [4.69, 9.17) is 4.42 Å². The van der Waals surface area contributed by atoms with Crippen molar-refractivity contribution in [2.24, 2.45) is 5.92 Å². The maximum absolute atomic E-state index is 13.2. The molecule has 0 unspecified atom stereocenters. The van der Waals surface area contributed by atoms with E-state index in [0.717, 1.165) is 37.3 Å². The number of aromatic nitrogens is 1. The maximum atomic E-state index is 13.2. The molecule has 2 aromatic heterocycles. The molecule has 0 amide bonds. The highest BCUT2D eigenvalue weighted by Gasteiger charge is 2.35. The van der Waals surface area contributed by atoms with Gasteiger partial charge in [0.25, 0.3) is 5.56 Å². The predicted molar refractivity (Wildman–Crippen MR) is 126 cm³/mol. The molecule has 2 aliphatic rings. The van der Waals surface area contributed by atoms with E-state index in [2.05, 4.69) is 4.90 Å². The van der Waals surface area contributed by atoms with Gasteiger partial charge in [0.05, 0.1) is 16.5 Å². The molecule has 2 aromatic carbocycles. The van der Waals surface area contributed by atoms with Gasteiger partial charge in [-0.3, -0.25) is 14.5 Å². The summed E-state index contributed by atoms with van der Waals surface area (Å²) in [6.07, 6.45) is 2.56. The van der Waals surface area contributed by atoms with Gasteiger partial charge in [0, 0.05) is 43.9 Å². The normalized spacial score (nSPS) is 20.0. The van der Waals surface area contributed by atoms with E-state index in [0.29, 0.717) is 34.6 Å². The van der Waals surface area contributed by atoms with Crippen molar-refractivity contribution in [3.63, 3.8) is 0 Å². The summed E-state index contributed by atoms with van der Waals surface area (Å²) in [6, 6.07) is 18.2. The number of piperidine rings is 1. The smallest absolute Gasteiger partial charge is 0.250 e. The van der Waals surface area contributed by atoms with E-state index < -0.39 is 0 Å². The standard InChI is InChI=1S/C27H24N2O4/c30-24-10-9-20-26(32)22(18-5-2-1-3-6-18)16-33-27(20)21(24)15-28-12-17-11-19(14-28)23-7-4-8-25(31)29(23)13-17/h1-10,16-17,19,30H,11-15H2/t17-,19+/m0/s1. The van der Waals surface area contributed by atoms with Crippen molar-refractivity contribution in [3.05, 3.63) is 98.8 Å². The second-order valence-electron chi connectivity index (χ2n) is 9.18. The van der Waals surface area contributed by atoms with Gasteiger partial charge in [-0.25, -0.2) is 0 Å². The third-order valence-corrected chi connectivity index (χ3v) is 7.04. The fourth-order valence-corrected chi connectivity index (χ4v) is 5.57. The Morgan fingerprint density at radius 2 is 1.79 bits per heavy atom. The molecule has 6 rings (SSSR count). The van der Waals surface area contributed by atoms with Crippen LogP contribution < -0.4 is 11.0 Å². The van der Waals surface area contributed by atoms with Gasteiger partial charge in [0.2, 0.25) is 5.43 Å². The minimum absolute atomic E-state index is 0.0679. The van der Waals surface area contributed by atoms with Crippen LogP contribution in [-0.2, 0) is 13.1 Å². The number of phenols is 1. The topological polar surface area (TPSA) is 75.7 Å². The van der Waals surface area contributed by atoms with Gasteiger partial charge in [-0.05, 0) is 36.1 Å². The number of nitrogens with zero attached hydrogens (tertiary/aromatic N) is 2. The number of hydrogen-bond acceptors (Lipinski definition) is 5. The molecule has 4 aromatic rings. The van der Waals surface area contributed by atoms with Gasteiger partial charge in [-0.15, -0.1) is 0 Å². The Hall–Kier alpha value is -3.64. The highest BCUT2D eigenvalue weighted by molar-refractivity contribution is 5.85. The second kappa shape index (κ2) is 7.74. The molecule has 1 saturated heterocycles. The molecule has 0 radical (unpaired) electrons. The Kier molecular flexibility index (Phi) is 4.69. The molecule has 0 spiro atoms. The molecule has 1 fully saturated rings. The Morgan fingerprint density at radius 1 is 0.939 bits per heavy atom. The minimum Gasteiger partial charge on any atom is -0.507 e. The molecular formula is C27H24N2O4. The second-order valence-corrected chi connectivity index (χ2v) is 9.18. The lowest BCUT2D eigenvalue weighted by Crippen LogP contribution is -2.46. The zero-order valence-corrected chi connectivity index (χ0v) is 18.1. The van der Waals surface area contributed by atoms with Crippen LogP contribution in [0.3, 0.4) is 0 Å². The van der Waals surface area contributed by atoms with Gasteiger partial charge in [0.1, 0.15) is 17.6 Å². The Bertz CT molecular complexity index is 1470.